The molecule has 1 amide bonds. The smallest absolute Gasteiger partial charge is 0.290 e. The van der Waals surface area contributed by atoms with Crippen LogP contribution in [-0.2, 0) is 13.6 Å². The lowest BCUT2D eigenvalue weighted by molar-refractivity contribution is 0.0818. The molecule has 2 heterocycles. The van der Waals surface area contributed by atoms with Crippen molar-refractivity contribution in [2.75, 3.05) is 24.7 Å². The molecule has 11 nitrogen and oxygen atoms in total. The molecule has 32 heavy (non-hydrogen) atoms. The van der Waals surface area contributed by atoms with Crippen LogP contribution < -0.4 is 21.8 Å². The monoisotopic (exact) mass is 441 g/mol. The largest absolute Gasteiger partial charge is 0.503 e. The number of carbonyl (C=O) groups is 1. The van der Waals surface area contributed by atoms with E-state index in [4.69, 9.17) is 0 Å². The van der Waals surface area contributed by atoms with Gasteiger partial charge in [0.15, 0.2) is 17.3 Å². The minimum absolute atomic E-state index is 0.0106. The van der Waals surface area contributed by atoms with Crippen LogP contribution in [0.4, 0.5) is 17.2 Å². The molecule has 0 atom stereocenters. The van der Waals surface area contributed by atoms with Crippen LogP contribution in [0.3, 0.4) is 0 Å². The van der Waals surface area contributed by atoms with Crippen LogP contribution in [0.2, 0.25) is 0 Å². The number of benzene rings is 1. The fourth-order valence-corrected chi connectivity index (χ4v) is 2.67. The van der Waals surface area contributed by atoms with Crippen LogP contribution in [0.25, 0.3) is 0 Å². The Labute approximate surface area is 184 Å². The van der Waals surface area contributed by atoms with Gasteiger partial charge in [0, 0.05) is 27.7 Å². The molecule has 0 saturated heterocycles. The van der Waals surface area contributed by atoms with Crippen LogP contribution in [0.1, 0.15) is 29.9 Å². The summed E-state index contributed by atoms with van der Waals surface area (Å²) in [4.78, 5) is 46.3. The summed E-state index contributed by atoms with van der Waals surface area (Å²) in [5, 5.41) is 18.4. The van der Waals surface area contributed by atoms with Crippen LogP contribution in [0.5, 0.6) is 5.75 Å². The molecule has 170 valence electrons. The third-order valence-corrected chi connectivity index (χ3v) is 4.25. The molecule has 1 aromatic carbocycles. The molecular weight excluding hydrogens is 414 g/mol. The second-order valence-corrected chi connectivity index (χ2v) is 6.64. The molecule has 11 heteroatoms. The van der Waals surface area contributed by atoms with E-state index in [1.54, 1.807) is 0 Å². The first kappa shape index (κ1) is 24.1. The normalized spacial score (nSPS) is 10.0. The molecule has 3 rings (SSSR count). The Morgan fingerprint density at radius 1 is 1.12 bits per heavy atom. The summed E-state index contributed by atoms with van der Waals surface area (Å²) in [6.07, 6.45) is 1.07. The van der Waals surface area contributed by atoms with Crippen molar-refractivity contribution in [2.24, 2.45) is 7.05 Å². The van der Waals surface area contributed by atoms with Gasteiger partial charge in [0.25, 0.3) is 17.0 Å². The maximum atomic E-state index is 12.6. The Morgan fingerprint density at radius 3 is 2.41 bits per heavy atom. The highest BCUT2D eigenvalue weighted by molar-refractivity contribution is 5.96. The predicted octanol–water partition coefficient (Wildman–Crippen LogP) is 1.65. The summed E-state index contributed by atoms with van der Waals surface area (Å²) in [5.74, 6) is -1.26. The number of hydrogen-bond acceptors (Lipinski definition) is 8. The quantitative estimate of drug-likeness (QED) is 0.452. The minimum Gasteiger partial charge on any atom is -0.503 e. The van der Waals surface area contributed by atoms with Crippen molar-refractivity contribution in [3.8, 4) is 5.75 Å². The van der Waals surface area contributed by atoms with Crippen LogP contribution in [-0.4, -0.2) is 49.8 Å². The van der Waals surface area contributed by atoms with Crippen LogP contribution >= 0.6 is 0 Å². The molecule has 0 fully saturated rings. The van der Waals surface area contributed by atoms with E-state index in [0.29, 0.717) is 0 Å². The summed E-state index contributed by atoms with van der Waals surface area (Å²) in [5.41, 5.74) is -0.613. The van der Waals surface area contributed by atoms with E-state index in [1.807, 2.05) is 44.2 Å². The summed E-state index contributed by atoms with van der Waals surface area (Å²) in [6, 6.07) is 9.32. The second-order valence-electron chi connectivity index (χ2n) is 6.64. The Balaban J connectivity index is 0.00000176. The molecule has 0 aliphatic heterocycles. The zero-order chi connectivity index (χ0) is 23.8. The van der Waals surface area contributed by atoms with Crippen molar-refractivity contribution in [3.63, 3.8) is 0 Å². The number of carbonyl (C=O) groups excluding carboxylic acids is 1. The fraction of sp³-hybridized carbons (Fsp3) is 0.286. The number of amides is 1. The van der Waals surface area contributed by atoms with Gasteiger partial charge in [0.2, 0.25) is 0 Å². The number of anilines is 3. The molecule has 4 N–H and O–H groups in total. The van der Waals surface area contributed by atoms with Gasteiger partial charge in [0.05, 0.1) is 0 Å². The first-order valence-corrected chi connectivity index (χ1v) is 9.93. The molecule has 0 spiro atoms. The number of aryl methyl sites for hydroxylation is 1. The molecular formula is C21H27N7O4. The van der Waals surface area contributed by atoms with Crippen LogP contribution in [0, 0.1) is 0 Å². The highest BCUT2D eigenvalue weighted by atomic mass is 16.3. The molecule has 0 aliphatic rings. The van der Waals surface area contributed by atoms with Gasteiger partial charge >= 0.3 is 0 Å². The zero-order valence-corrected chi connectivity index (χ0v) is 18.6. The molecule has 0 radical (unpaired) electrons. The van der Waals surface area contributed by atoms with E-state index in [2.05, 4.69) is 25.7 Å². The number of aromatic amines is 1. The number of aromatic hydroxyl groups is 1. The lowest BCUT2D eigenvalue weighted by atomic mass is 10.2. The Hall–Kier alpha value is -4.15. The van der Waals surface area contributed by atoms with Gasteiger partial charge in [-0.05, 0) is 5.56 Å². The van der Waals surface area contributed by atoms with Gasteiger partial charge in [-0.15, -0.1) is 0 Å². The van der Waals surface area contributed by atoms with Gasteiger partial charge in [-0.2, -0.15) is 0 Å². The van der Waals surface area contributed by atoms with Crippen LogP contribution in [0.15, 0.2) is 46.2 Å². The zero-order valence-electron chi connectivity index (χ0n) is 18.6. The van der Waals surface area contributed by atoms with E-state index in [9.17, 15) is 19.5 Å². The SMILES string of the molecule is CC.CN(C)C(=O)c1ncnc(Nc2c(NCc3ccccc3)c(=O)n(C)[nH]c2=O)c1O. The highest BCUT2D eigenvalue weighted by Gasteiger charge is 2.21. The number of nitrogens with one attached hydrogen (secondary N) is 3. The van der Waals surface area contributed by atoms with E-state index in [0.717, 1.165) is 16.6 Å². The van der Waals surface area contributed by atoms with Crippen molar-refractivity contribution >= 4 is 23.1 Å². The first-order valence-electron chi connectivity index (χ1n) is 9.93. The van der Waals surface area contributed by atoms with E-state index < -0.39 is 22.8 Å². The lowest BCUT2D eigenvalue weighted by Crippen LogP contribution is -2.32. The fourth-order valence-electron chi connectivity index (χ4n) is 2.67. The summed E-state index contributed by atoms with van der Waals surface area (Å²) < 4.78 is 1.04. The van der Waals surface area contributed by atoms with Crippen molar-refractivity contribution < 1.29 is 9.90 Å². The Morgan fingerprint density at radius 2 is 1.78 bits per heavy atom. The minimum atomic E-state index is -0.619. The molecule has 0 saturated carbocycles. The molecule has 2 aromatic heterocycles. The van der Waals surface area contributed by atoms with E-state index >= 15 is 0 Å². The Bertz CT molecular complexity index is 1190. The van der Waals surface area contributed by atoms with Crippen molar-refractivity contribution in [1.29, 1.82) is 0 Å². The molecule has 0 aliphatic carbocycles. The third kappa shape index (κ3) is 5.31. The van der Waals surface area contributed by atoms with Gasteiger partial charge in [-0.1, -0.05) is 44.2 Å². The van der Waals surface area contributed by atoms with E-state index in [-0.39, 0.29) is 29.4 Å². The average molecular weight is 441 g/mol. The standard InChI is InChI=1S/C19H21N7O4.C2H6/c1-25(2)18(29)14-15(27)16(22-10-21-14)23-12-13(19(30)26(3)24-17(12)28)20-9-11-7-5-4-6-8-11;1-2/h4-8,10,20,27H,9H2,1-3H3,(H,24,28)(H,21,22,23);1-2H3. The van der Waals surface area contributed by atoms with Crippen molar-refractivity contribution in [2.45, 2.75) is 20.4 Å². The molecule has 0 unspecified atom stereocenters. The summed E-state index contributed by atoms with van der Waals surface area (Å²) in [6.45, 7) is 4.29. The highest BCUT2D eigenvalue weighted by Crippen LogP contribution is 2.27. The topological polar surface area (TPSA) is 145 Å². The maximum absolute atomic E-state index is 12.6. The number of nitrogens with zero attached hydrogens (tertiary/aromatic N) is 4. The first-order chi connectivity index (χ1) is 15.3. The molecule has 0 bridgehead atoms. The number of aromatic nitrogens is 4. The Kier molecular flexibility index (Phi) is 8.11. The van der Waals surface area contributed by atoms with Crippen molar-refractivity contribution in [3.05, 3.63) is 68.6 Å². The summed E-state index contributed by atoms with van der Waals surface area (Å²) >= 11 is 0. The predicted molar refractivity (Wildman–Crippen MR) is 122 cm³/mol. The number of hydrogen-bond donors (Lipinski definition) is 4. The van der Waals surface area contributed by atoms with Gasteiger partial charge in [-0.3, -0.25) is 24.2 Å². The van der Waals surface area contributed by atoms with E-state index in [1.165, 1.54) is 26.0 Å². The lowest BCUT2D eigenvalue weighted by Gasteiger charge is -2.15. The van der Waals surface area contributed by atoms with Gasteiger partial charge in [-0.25, -0.2) is 9.97 Å². The number of H-pyrrole nitrogens is 1. The average Bonchev–Trinajstić information content (AvgIpc) is 2.79. The van der Waals surface area contributed by atoms with Gasteiger partial charge < -0.3 is 20.6 Å². The molecule has 3 aromatic rings. The summed E-state index contributed by atoms with van der Waals surface area (Å²) in [7, 11) is 4.43. The number of rotatable bonds is 6. The van der Waals surface area contributed by atoms with Crippen molar-refractivity contribution in [1.82, 2.24) is 24.6 Å². The maximum Gasteiger partial charge on any atom is 0.290 e. The van der Waals surface area contributed by atoms with Gasteiger partial charge in [0.1, 0.15) is 17.7 Å². The second kappa shape index (κ2) is 10.8. The third-order valence-electron chi connectivity index (χ3n) is 4.25.